The van der Waals surface area contributed by atoms with Crippen molar-refractivity contribution in [1.29, 1.82) is 0 Å². The van der Waals surface area contributed by atoms with E-state index < -0.39 is 11.6 Å². The largest absolute Gasteiger partial charge is 0.404 e. The summed E-state index contributed by atoms with van der Waals surface area (Å²) < 4.78 is 25.6. The van der Waals surface area contributed by atoms with Crippen LogP contribution in [-0.2, 0) is 6.42 Å². The lowest BCUT2D eigenvalue weighted by atomic mass is 10.1. The number of fused-ring (bicyclic) bond motifs is 1. The summed E-state index contributed by atoms with van der Waals surface area (Å²) in [6, 6.07) is 3.76. The summed E-state index contributed by atoms with van der Waals surface area (Å²) in [5.74, 6) is -1.12. The van der Waals surface area contributed by atoms with Crippen molar-refractivity contribution in [2.75, 3.05) is 6.54 Å². The van der Waals surface area contributed by atoms with Gasteiger partial charge in [0.15, 0.2) is 0 Å². The fourth-order valence-electron chi connectivity index (χ4n) is 2.60. The van der Waals surface area contributed by atoms with Crippen molar-refractivity contribution >= 4 is 28.5 Å². The number of hydrogen-bond donors (Lipinski definition) is 2. The normalized spacial score (nSPS) is 14.8. The molecule has 0 aliphatic heterocycles. The highest BCUT2D eigenvalue weighted by Crippen LogP contribution is 2.32. The number of allylic oxidation sites excluding steroid dienone is 2. The Morgan fingerprint density at radius 1 is 1.36 bits per heavy atom. The number of nitrogens with zero attached hydrogens (tertiary/aromatic N) is 2. The number of aliphatic imine (C=N–C) groups is 1. The minimum atomic E-state index is -0.558. The maximum absolute atomic E-state index is 12.8. The Kier molecular flexibility index (Phi) is 9.59. The zero-order valence-electron chi connectivity index (χ0n) is 16.7. The Hall–Kier alpha value is -2.47. The van der Waals surface area contributed by atoms with E-state index in [1.807, 2.05) is 13.8 Å². The minimum absolute atomic E-state index is 0.0208. The first-order valence-electron chi connectivity index (χ1n) is 9.19. The number of hydrogen-bond acceptors (Lipinski definition) is 3. The number of H-pyrrole nitrogens is 1. The fraction of sp³-hybridized carbons (Fsp3) is 0.333. The Balaban J connectivity index is 0.000000268. The smallest absolute Gasteiger partial charge is 0.133 e. The van der Waals surface area contributed by atoms with Crippen LogP contribution in [0.25, 0.3) is 11.1 Å². The molecule has 1 aliphatic rings. The van der Waals surface area contributed by atoms with Gasteiger partial charge in [0.25, 0.3) is 0 Å². The zero-order chi connectivity index (χ0) is 21.3. The van der Waals surface area contributed by atoms with E-state index in [2.05, 4.69) is 28.7 Å². The van der Waals surface area contributed by atoms with E-state index in [1.165, 1.54) is 18.2 Å². The molecule has 0 fully saturated rings. The minimum Gasteiger partial charge on any atom is -0.404 e. The van der Waals surface area contributed by atoms with Crippen LogP contribution in [0.3, 0.4) is 0 Å². The summed E-state index contributed by atoms with van der Waals surface area (Å²) in [6.45, 7) is 11.9. The molecule has 28 heavy (non-hydrogen) atoms. The zero-order valence-corrected chi connectivity index (χ0v) is 17.5. The molecule has 4 nitrogen and oxygen atoms in total. The van der Waals surface area contributed by atoms with E-state index in [1.54, 1.807) is 13.1 Å². The molecule has 7 heteroatoms. The standard InChI is InChI=1S/C10H13ClN4.C9H8F2.C2H6/c1-2-3-13-8-4-6-9(7(8)5-12)14-15-10(6)11;1-6(2)9-7(10)4-3-5-8(9)11;1-2/h5H,2-4,12H2,1H3,(H,14,15);3-5H,1H2,2H3;1-2H3/b7-5+,13-8?;;. The third-order valence-corrected chi connectivity index (χ3v) is 4.12. The molecule has 2 aromatic rings. The lowest BCUT2D eigenvalue weighted by Gasteiger charge is -2.01. The molecular formula is C21H27ClF2N4. The van der Waals surface area contributed by atoms with Crippen molar-refractivity contribution < 1.29 is 8.78 Å². The predicted octanol–water partition coefficient (Wildman–Crippen LogP) is 5.79. The first-order valence-corrected chi connectivity index (χ1v) is 9.57. The maximum Gasteiger partial charge on any atom is 0.133 e. The number of aromatic nitrogens is 2. The molecule has 0 atom stereocenters. The highest BCUT2D eigenvalue weighted by atomic mass is 35.5. The number of nitrogens with two attached hydrogens (primary N) is 1. The highest BCUT2D eigenvalue weighted by molar-refractivity contribution is 6.34. The molecule has 0 bridgehead atoms. The molecule has 0 unspecified atom stereocenters. The monoisotopic (exact) mass is 408 g/mol. The second-order valence-corrected chi connectivity index (χ2v) is 6.21. The van der Waals surface area contributed by atoms with Crippen LogP contribution in [0.5, 0.6) is 0 Å². The molecule has 0 spiro atoms. The van der Waals surface area contributed by atoms with E-state index in [0.717, 1.165) is 41.9 Å². The second-order valence-electron chi connectivity index (χ2n) is 5.83. The Labute approximate surface area is 170 Å². The van der Waals surface area contributed by atoms with Gasteiger partial charge in [-0.25, -0.2) is 8.78 Å². The van der Waals surface area contributed by atoms with Crippen molar-refractivity contribution in [3.8, 4) is 0 Å². The quantitative estimate of drug-likeness (QED) is 0.674. The molecular weight excluding hydrogens is 382 g/mol. The average Bonchev–Trinajstić information content (AvgIpc) is 3.20. The summed E-state index contributed by atoms with van der Waals surface area (Å²) in [7, 11) is 0. The lowest BCUT2D eigenvalue weighted by molar-refractivity contribution is 0.577. The van der Waals surface area contributed by atoms with Gasteiger partial charge < -0.3 is 5.73 Å². The molecule has 1 heterocycles. The Morgan fingerprint density at radius 2 is 1.96 bits per heavy atom. The number of nitrogens with one attached hydrogen (secondary N) is 1. The van der Waals surface area contributed by atoms with Crippen LogP contribution in [0.2, 0.25) is 5.15 Å². The van der Waals surface area contributed by atoms with E-state index in [0.29, 0.717) is 10.7 Å². The van der Waals surface area contributed by atoms with Crippen molar-refractivity contribution in [2.45, 2.75) is 40.5 Å². The third-order valence-electron chi connectivity index (χ3n) is 3.81. The molecule has 1 aromatic carbocycles. The highest BCUT2D eigenvalue weighted by Gasteiger charge is 2.27. The molecule has 0 saturated carbocycles. The average molecular weight is 409 g/mol. The summed E-state index contributed by atoms with van der Waals surface area (Å²) in [5, 5.41) is 7.45. The maximum atomic E-state index is 12.8. The van der Waals surface area contributed by atoms with Gasteiger partial charge in [-0.05, 0) is 31.1 Å². The van der Waals surface area contributed by atoms with Gasteiger partial charge >= 0.3 is 0 Å². The van der Waals surface area contributed by atoms with Gasteiger partial charge in [0.1, 0.15) is 22.5 Å². The Bertz CT molecular complexity index is 849. The van der Waals surface area contributed by atoms with Gasteiger partial charge in [-0.3, -0.25) is 10.1 Å². The SMILES string of the molecule is C=C(C)c1c(F)cccc1F.CC.CCCN=C1Cc2c(n[nH]c2Cl)/C1=C/N. The van der Waals surface area contributed by atoms with Gasteiger partial charge in [0.2, 0.25) is 0 Å². The van der Waals surface area contributed by atoms with Gasteiger partial charge in [-0.1, -0.05) is 45.0 Å². The van der Waals surface area contributed by atoms with Gasteiger partial charge in [0.05, 0.1) is 5.71 Å². The summed E-state index contributed by atoms with van der Waals surface area (Å²) in [5.41, 5.74) is 9.71. The van der Waals surface area contributed by atoms with Crippen LogP contribution < -0.4 is 5.73 Å². The van der Waals surface area contributed by atoms with Crippen molar-refractivity contribution in [3.05, 3.63) is 64.6 Å². The first-order chi connectivity index (χ1) is 13.4. The number of aromatic amines is 1. The van der Waals surface area contributed by atoms with Crippen LogP contribution in [0, 0.1) is 11.6 Å². The third kappa shape index (κ3) is 5.52. The topological polar surface area (TPSA) is 67.1 Å². The molecule has 152 valence electrons. The first kappa shape index (κ1) is 23.6. The summed E-state index contributed by atoms with van der Waals surface area (Å²) >= 11 is 5.97. The Morgan fingerprint density at radius 3 is 2.43 bits per heavy atom. The van der Waals surface area contributed by atoms with Gasteiger partial charge in [0, 0.05) is 35.9 Å². The molecule has 0 radical (unpaired) electrons. The van der Waals surface area contributed by atoms with E-state index >= 15 is 0 Å². The molecule has 1 aliphatic carbocycles. The number of rotatable bonds is 3. The van der Waals surface area contributed by atoms with Crippen LogP contribution in [-0.4, -0.2) is 22.5 Å². The summed E-state index contributed by atoms with van der Waals surface area (Å²) in [6.07, 6.45) is 3.31. The van der Waals surface area contributed by atoms with Crippen LogP contribution in [0.1, 0.15) is 50.9 Å². The van der Waals surface area contributed by atoms with Crippen LogP contribution in [0.15, 0.2) is 36.0 Å². The van der Waals surface area contributed by atoms with Crippen molar-refractivity contribution in [3.63, 3.8) is 0 Å². The number of halogens is 3. The van der Waals surface area contributed by atoms with Crippen LogP contribution >= 0.6 is 11.6 Å². The van der Waals surface area contributed by atoms with Crippen molar-refractivity contribution in [1.82, 2.24) is 10.2 Å². The van der Waals surface area contributed by atoms with Crippen molar-refractivity contribution in [2.24, 2.45) is 10.7 Å². The second kappa shape index (κ2) is 11.4. The molecule has 3 rings (SSSR count). The van der Waals surface area contributed by atoms with E-state index in [4.69, 9.17) is 17.3 Å². The molecule has 3 N–H and O–H groups in total. The molecule has 0 amide bonds. The van der Waals surface area contributed by atoms with E-state index in [-0.39, 0.29) is 5.56 Å². The predicted molar refractivity (Wildman–Crippen MR) is 114 cm³/mol. The lowest BCUT2D eigenvalue weighted by Crippen LogP contribution is -2.01. The molecule has 1 aromatic heterocycles. The van der Waals surface area contributed by atoms with Gasteiger partial charge in [-0.15, -0.1) is 0 Å². The van der Waals surface area contributed by atoms with Gasteiger partial charge in [-0.2, -0.15) is 5.10 Å². The molecule has 0 saturated heterocycles. The fourth-order valence-corrected chi connectivity index (χ4v) is 2.79. The van der Waals surface area contributed by atoms with E-state index in [9.17, 15) is 8.78 Å². The number of benzene rings is 1. The summed E-state index contributed by atoms with van der Waals surface area (Å²) in [4.78, 5) is 4.48. The van der Waals surface area contributed by atoms with Crippen LogP contribution in [0.4, 0.5) is 8.78 Å².